The maximum atomic E-state index is 11.9. The predicted molar refractivity (Wildman–Crippen MR) is 79.6 cm³/mol. The molecule has 1 aromatic rings. The minimum Gasteiger partial charge on any atom is -0.508 e. The summed E-state index contributed by atoms with van der Waals surface area (Å²) in [5, 5.41) is 11.9. The van der Waals surface area contributed by atoms with E-state index in [2.05, 4.69) is 5.32 Å². The van der Waals surface area contributed by atoms with Crippen LogP contribution in [0.2, 0.25) is 0 Å². The smallest absolute Gasteiger partial charge is 0.237 e. The van der Waals surface area contributed by atoms with Gasteiger partial charge in [0, 0.05) is 6.54 Å². The second kappa shape index (κ2) is 6.44. The topological polar surface area (TPSA) is 109 Å². The van der Waals surface area contributed by atoms with E-state index in [-0.39, 0.29) is 29.1 Å². The molecule has 1 aromatic carbocycles. The maximum Gasteiger partial charge on any atom is 0.237 e. The van der Waals surface area contributed by atoms with Gasteiger partial charge >= 0.3 is 0 Å². The van der Waals surface area contributed by atoms with E-state index in [1.807, 2.05) is 0 Å². The molecule has 4 N–H and O–H groups in total. The number of amides is 1. The second-order valence-corrected chi connectivity index (χ2v) is 7.72. The number of nitrogens with one attached hydrogen (secondary N) is 1. The quantitative estimate of drug-likeness (QED) is 0.698. The normalized spacial score (nSPS) is 21.9. The van der Waals surface area contributed by atoms with Gasteiger partial charge in [0.25, 0.3) is 0 Å². The Bertz CT molecular complexity index is 598. The summed E-state index contributed by atoms with van der Waals surface area (Å²) in [5.41, 5.74) is 6.69. The number of sulfone groups is 1. The second-order valence-electron chi connectivity index (χ2n) is 5.49. The lowest BCUT2D eigenvalue weighted by Gasteiger charge is -2.14. The first kappa shape index (κ1) is 15.8. The van der Waals surface area contributed by atoms with E-state index in [0.717, 1.165) is 5.56 Å². The first-order valence-electron chi connectivity index (χ1n) is 6.87. The number of rotatable bonds is 5. The van der Waals surface area contributed by atoms with Crippen molar-refractivity contribution in [3.8, 4) is 5.75 Å². The van der Waals surface area contributed by atoms with Crippen molar-refractivity contribution in [2.45, 2.75) is 18.9 Å². The lowest BCUT2D eigenvalue weighted by molar-refractivity contribution is -0.122. The van der Waals surface area contributed by atoms with Gasteiger partial charge in [0.15, 0.2) is 9.84 Å². The van der Waals surface area contributed by atoms with Crippen LogP contribution in [0.1, 0.15) is 12.0 Å². The van der Waals surface area contributed by atoms with Crippen molar-refractivity contribution >= 4 is 15.7 Å². The molecule has 7 heteroatoms. The van der Waals surface area contributed by atoms with Crippen LogP contribution in [0.4, 0.5) is 0 Å². The minimum absolute atomic E-state index is 0.0141. The van der Waals surface area contributed by atoms with Crippen LogP contribution >= 0.6 is 0 Å². The molecule has 1 saturated heterocycles. The number of carbonyl (C=O) groups excluding carboxylic acids is 1. The number of carbonyl (C=O) groups is 1. The van der Waals surface area contributed by atoms with Crippen LogP contribution in [0, 0.1) is 5.92 Å². The third-order valence-electron chi connectivity index (χ3n) is 3.62. The number of phenols is 1. The molecule has 2 atom stereocenters. The van der Waals surface area contributed by atoms with Gasteiger partial charge in [-0.2, -0.15) is 0 Å². The fourth-order valence-corrected chi connectivity index (χ4v) is 4.25. The van der Waals surface area contributed by atoms with Crippen LogP contribution in [-0.2, 0) is 21.1 Å². The van der Waals surface area contributed by atoms with Crippen molar-refractivity contribution in [2.24, 2.45) is 11.7 Å². The number of benzene rings is 1. The summed E-state index contributed by atoms with van der Waals surface area (Å²) < 4.78 is 22.7. The average Bonchev–Trinajstić information content (AvgIpc) is 2.78. The van der Waals surface area contributed by atoms with Gasteiger partial charge < -0.3 is 16.2 Å². The molecular weight excluding hydrogens is 292 g/mol. The van der Waals surface area contributed by atoms with Crippen LogP contribution in [0.3, 0.4) is 0 Å². The van der Waals surface area contributed by atoms with Gasteiger partial charge in [-0.15, -0.1) is 0 Å². The largest absolute Gasteiger partial charge is 0.508 e. The van der Waals surface area contributed by atoms with E-state index in [1.165, 1.54) is 0 Å². The van der Waals surface area contributed by atoms with E-state index in [4.69, 9.17) is 5.73 Å². The molecule has 0 aromatic heterocycles. The van der Waals surface area contributed by atoms with Crippen LogP contribution in [-0.4, -0.2) is 43.5 Å². The molecule has 1 aliphatic heterocycles. The van der Waals surface area contributed by atoms with Gasteiger partial charge in [0.05, 0.1) is 17.5 Å². The van der Waals surface area contributed by atoms with E-state index >= 15 is 0 Å². The van der Waals surface area contributed by atoms with Crippen molar-refractivity contribution in [3.63, 3.8) is 0 Å². The molecule has 1 fully saturated rings. The summed E-state index contributed by atoms with van der Waals surface area (Å²) in [6.45, 7) is 0.349. The van der Waals surface area contributed by atoms with E-state index in [9.17, 15) is 18.3 Å². The summed E-state index contributed by atoms with van der Waals surface area (Å²) in [6, 6.07) is 5.83. The molecule has 6 nitrogen and oxygen atoms in total. The number of nitrogens with two attached hydrogens (primary N) is 1. The fourth-order valence-electron chi connectivity index (χ4n) is 2.39. The molecule has 2 rings (SSSR count). The summed E-state index contributed by atoms with van der Waals surface area (Å²) >= 11 is 0. The molecule has 1 unspecified atom stereocenters. The van der Waals surface area contributed by atoms with Crippen molar-refractivity contribution in [3.05, 3.63) is 29.8 Å². The molecule has 0 spiro atoms. The number of aromatic hydroxyl groups is 1. The molecule has 1 amide bonds. The highest BCUT2D eigenvalue weighted by molar-refractivity contribution is 7.91. The van der Waals surface area contributed by atoms with Crippen LogP contribution in [0.5, 0.6) is 5.75 Å². The zero-order valence-corrected chi connectivity index (χ0v) is 12.5. The Hall–Kier alpha value is -1.60. The highest BCUT2D eigenvalue weighted by Gasteiger charge is 2.28. The van der Waals surface area contributed by atoms with Crippen molar-refractivity contribution in [2.75, 3.05) is 18.1 Å². The van der Waals surface area contributed by atoms with E-state index in [0.29, 0.717) is 19.4 Å². The van der Waals surface area contributed by atoms with Gasteiger partial charge in [-0.25, -0.2) is 8.42 Å². The fraction of sp³-hybridized carbons (Fsp3) is 0.500. The van der Waals surface area contributed by atoms with E-state index in [1.54, 1.807) is 24.3 Å². The monoisotopic (exact) mass is 312 g/mol. The molecule has 0 radical (unpaired) electrons. The van der Waals surface area contributed by atoms with Crippen molar-refractivity contribution in [1.82, 2.24) is 5.32 Å². The maximum absolute atomic E-state index is 11.9. The third kappa shape index (κ3) is 4.71. The zero-order chi connectivity index (χ0) is 15.5. The van der Waals surface area contributed by atoms with Crippen LogP contribution < -0.4 is 11.1 Å². The molecule has 21 heavy (non-hydrogen) atoms. The lowest BCUT2D eigenvalue weighted by atomic mass is 10.1. The Morgan fingerprint density at radius 2 is 2.05 bits per heavy atom. The van der Waals surface area contributed by atoms with Crippen LogP contribution in [0.15, 0.2) is 24.3 Å². The first-order valence-corrected chi connectivity index (χ1v) is 8.69. The molecule has 0 saturated carbocycles. The zero-order valence-electron chi connectivity index (χ0n) is 11.7. The summed E-state index contributed by atoms with van der Waals surface area (Å²) in [7, 11) is -2.92. The summed E-state index contributed by atoms with van der Waals surface area (Å²) in [5.74, 6) is 0.208. The van der Waals surface area contributed by atoms with E-state index < -0.39 is 15.9 Å². The molecule has 116 valence electrons. The highest BCUT2D eigenvalue weighted by Crippen LogP contribution is 2.17. The third-order valence-corrected chi connectivity index (χ3v) is 5.46. The number of phenolic OH excluding ortho intramolecular Hbond substituents is 1. The molecule has 0 aliphatic carbocycles. The highest BCUT2D eigenvalue weighted by atomic mass is 32.2. The van der Waals surface area contributed by atoms with Crippen molar-refractivity contribution < 1.29 is 18.3 Å². The Labute approximate surface area is 124 Å². The molecule has 1 aliphatic rings. The standard InChI is InChI=1S/C14H20N2O4S/c15-13(7-10-1-3-12(17)4-2-10)14(18)16-8-11-5-6-21(19,20)9-11/h1-4,11,13,17H,5-9,15H2,(H,16,18)/t11?,13-/m0/s1. The van der Waals surface area contributed by atoms with Gasteiger partial charge in [0.2, 0.25) is 5.91 Å². The summed E-state index contributed by atoms with van der Waals surface area (Å²) in [4.78, 5) is 11.9. The number of hydrogen-bond donors (Lipinski definition) is 3. The van der Waals surface area contributed by atoms with Crippen molar-refractivity contribution in [1.29, 1.82) is 0 Å². The Morgan fingerprint density at radius 3 is 2.62 bits per heavy atom. The molecular formula is C14H20N2O4S. The number of hydrogen-bond acceptors (Lipinski definition) is 5. The van der Waals surface area contributed by atoms with Gasteiger partial charge in [-0.1, -0.05) is 12.1 Å². The molecule has 1 heterocycles. The predicted octanol–water partition coefficient (Wildman–Crippen LogP) is -0.187. The average molecular weight is 312 g/mol. The van der Waals surface area contributed by atoms with Crippen LogP contribution in [0.25, 0.3) is 0 Å². The van der Waals surface area contributed by atoms with Gasteiger partial charge in [0.1, 0.15) is 5.75 Å². The minimum atomic E-state index is -2.92. The Balaban J connectivity index is 1.79. The summed E-state index contributed by atoms with van der Waals surface area (Å²) in [6.07, 6.45) is 0.963. The SMILES string of the molecule is N[C@@H](Cc1ccc(O)cc1)C(=O)NCC1CCS(=O)(=O)C1. The first-order chi connectivity index (χ1) is 9.85. The van der Waals surface area contributed by atoms with Gasteiger partial charge in [-0.05, 0) is 36.5 Å². The Morgan fingerprint density at radius 1 is 1.38 bits per heavy atom. The van der Waals surface area contributed by atoms with Gasteiger partial charge in [-0.3, -0.25) is 4.79 Å². The molecule has 0 bridgehead atoms. The Kier molecular flexibility index (Phi) is 4.84. The lowest BCUT2D eigenvalue weighted by Crippen LogP contribution is -2.43.